The third kappa shape index (κ3) is 340. The summed E-state index contributed by atoms with van der Waals surface area (Å²) in [6.45, 7) is 15.0. The van der Waals surface area contributed by atoms with Crippen molar-refractivity contribution >= 4 is 7.82 Å². The Hall–Kier alpha value is 2.92. The summed E-state index contributed by atoms with van der Waals surface area (Å²) >= 11 is 0. The summed E-state index contributed by atoms with van der Waals surface area (Å²) in [5, 5.41) is 0. The second-order valence-corrected chi connectivity index (χ2v) is 1.54. The van der Waals surface area contributed by atoms with Crippen LogP contribution in [0.3, 0.4) is 0 Å². The van der Waals surface area contributed by atoms with Crippen molar-refractivity contribution < 1.29 is 102 Å². The van der Waals surface area contributed by atoms with E-state index in [2.05, 4.69) is 20.8 Å². The standard InChI is InChI=1S/3C2H5.3Hg.H3O4P/c3*1-2;;;;1-5(2,3)4/h3*1H2,2H3;;;;(H3,1,2,3,4). The average Bonchev–Trinajstić information content (AvgIpc) is 1.96. The van der Waals surface area contributed by atoms with Gasteiger partial charge >= 0.3 is 7.82 Å². The van der Waals surface area contributed by atoms with E-state index in [1.165, 1.54) is 0 Å². The average molecular weight is 787 g/mol. The van der Waals surface area contributed by atoms with Crippen molar-refractivity contribution in [1.29, 1.82) is 0 Å². The molecule has 0 atom stereocenters. The molecule has 0 heterocycles. The topological polar surface area (TPSA) is 77.8 Å². The van der Waals surface area contributed by atoms with Gasteiger partial charge in [0.05, 0.1) is 0 Å². The van der Waals surface area contributed by atoms with E-state index in [4.69, 9.17) is 19.2 Å². The minimum Gasteiger partial charge on any atom is -0.303 e. The van der Waals surface area contributed by atoms with Crippen LogP contribution in [0.2, 0.25) is 0 Å². The molecule has 0 aliphatic carbocycles. The minimum atomic E-state index is -4.64. The van der Waals surface area contributed by atoms with Gasteiger partial charge in [0.1, 0.15) is 0 Å². The summed E-state index contributed by atoms with van der Waals surface area (Å²) in [5.41, 5.74) is 0. The predicted molar refractivity (Wildman–Crippen MR) is 47.4 cm³/mol. The van der Waals surface area contributed by atoms with Crippen LogP contribution in [0.15, 0.2) is 0 Å². The zero-order chi connectivity index (χ0) is 10.5. The normalized spacial score (nSPS) is 5.50. The second kappa shape index (κ2) is 44.5. The fourth-order valence-corrected chi connectivity index (χ4v) is 0. The third-order valence-electron chi connectivity index (χ3n) is 0. The van der Waals surface area contributed by atoms with E-state index in [1.807, 2.05) is 0 Å². The molecule has 0 aromatic carbocycles. The van der Waals surface area contributed by atoms with Crippen LogP contribution in [-0.2, 0) is 87.6 Å². The molecule has 3 N–H and O–H groups in total. The van der Waals surface area contributed by atoms with Gasteiger partial charge in [-0.05, 0) is 0 Å². The Balaban J connectivity index is -0.00000000972. The maximum Gasteiger partial charge on any atom is 0.466 e. The molecule has 0 aliphatic heterocycles. The zero-order valence-electron chi connectivity index (χ0n) is 9.44. The second-order valence-electron chi connectivity index (χ2n) is 0.513. The smallest absolute Gasteiger partial charge is 0.303 e. The molecular weight excluding hydrogens is 769 g/mol. The summed E-state index contributed by atoms with van der Waals surface area (Å²) in [7, 11) is -4.64. The van der Waals surface area contributed by atoms with Gasteiger partial charge in [0.2, 0.25) is 0 Å². The zero-order valence-corrected chi connectivity index (χ0v) is 26.8. The van der Waals surface area contributed by atoms with Crippen LogP contribution in [0.25, 0.3) is 0 Å². The van der Waals surface area contributed by atoms with E-state index in [0.29, 0.717) is 0 Å². The molecule has 0 spiro atoms. The number of phosphoric acid groups is 1. The third-order valence-corrected chi connectivity index (χ3v) is 0. The molecule has 8 heteroatoms. The van der Waals surface area contributed by atoms with Crippen LogP contribution in [0.1, 0.15) is 20.8 Å². The first kappa shape index (κ1) is 43.6. The first-order chi connectivity index (χ1) is 5.00. The maximum absolute atomic E-state index is 8.88. The summed E-state index contributed by atoms with van der Waals surface area (Å²) in [4.78, 5) is 21.6. The molecule has 0 fully saturated rings. The van der Waals surface area contributed by atoms with Crippen LogP contribution < -0.4 is 0 Å². The van der Waals surface area contributed by atoms with Gasteiger partial charge in [0.15, 0.2) is 0 Å². The molecule has 0 bridgehead atoms. The van der Waals surface area contributed by atoms with Crippen LogP contribution in [-0.4, -0.2) is 14.7 Å². The molecule has 3 radical (unpaired) electrons. The Kier molecular flexibility index (Phi) is 139. The molecule has 77 valence electrons. The van der Waals surface area contributed by atoms with Crippen molar-refractivity contribution in [3.8, 4) is 0 Å². The van der Waals surface area contributed by atoms with Gasteiger partial charge in [0.25, 0.3) is 0 Å². The molecule has 0 unspecified atom stereocenters. The van der Waals surface area contributed by atoms with Crippen molar-refractivity contribution in [1.82, 2.24) is 0 Å². The molecule has 0 rings (SSSR count). The fraction of sp³-hybridized carbons (Fsp3) is 0.500. The first-order valence-corrected chi connectivity index (χ1v) is 4.47. The summed E-state index contributed by atoms with van der Waals surface area (Å²) in [6, 6.07) is 0. The molecule has 0 saturated heterocycles. The number of hydrogen-bond acceptors (Lipinski definition) is 1. The largest absolute Gasteiger partial charge is 0.466 e. The van der Waals surface area contributed by atoms with Crippen LogP contribution in [0, 0.1) is 20.8 Å². The first-order valence-electron chi connectivity index (χ1n) is 2.90. The van der Waals surface area contributed by atoms with Crippen LogP contribution in [0.5, 0.6) is 0 Å². The molecule has 0 aliphatic rings. The Morgan fingerprint density at radius 2 is 0.714 bits per heavy atom. The summed E-state index contributed by atoms with van der Waals surface area (Å²) in [6.07, 6.45) is 0. The van der Waals surface area contributed by atoms with Gasteiger partial charge < -0.3 is 14.7 Å². The fourth-order valence-electron chi connectivity index (χ4n) is 0. The van der Waals surface area contributed by atoms with Gasteiger partial charge in [-0.15, -0.1) is 0 Å². The van der Waals surface area contributed by atoms with Crippen molar-refractivity contribution in [3.63, 3.8) is 0 Å². The van der Waals surface area contributed by atoms with Gasteiger partial charge in [-0.25, -0.2) is 4.57 Å². The minimum absolute atomic E-state index is 0. The van der Waals surface area contributed by atoms with Gasteiger partial charge in [-0.2, -0.15) is 0 Å². The van der Waals surface area contributed by atoms with Crippen LogP contribution >= 0.6 is 7.82 Å². The molecule has 0 amide bonds. The Morgan fingerprint density at radius 3 is 0.714 bits per heavy atom. The van der Waals surface area contributed by atoms with E-state index in [0.717, 1.165) is 0 Å². The molecule has 0 saturated carbocycles. The van der Waals surface area contributed by atoms with E-state index in [1.54, 1.807) is 20.8 Å². The Bertz CT molecular complexity index is 71.2. The van der Waals surface area contributed by atoms with E-state index in [9.17, 15) is 0 Å². The van der Waals surface area contributed by atoms with Crippen molar-refractivity contribution in [3.05, 3.63) is 20.8 Å². The monoisotopic (exact) mass is 791 g/mol. The molecule has 14 heavy (non-hydrogen) atoms. The molecule has 0 aromatic heterocycles. The Labute approximate surface area is 149 Å². The van der Waals surface area contributed by atoms with Crippen molar-refractivity contribution in [2.45, 2.75) is 20.8 Å². The van der Waals surface area contributed by atoms with Crippen molar-refractivity contribution in [2.24, 2.45) is 0 Å². The summed E-state index contributed by atoms with van der Waals surface area (Å²) in [5.74, 6) is 0. The maximum atomic E-state index is 8.88. The van der Waals surface area contributed by atoms with Crippen LogP contribution in [0.4, 0.5) is 0 Å². The van der Waals surface area contributed by atoms with Gasteiger partial charge in [-0.1, -0.05) is 41.5 Å². The molecular formula is C6H18Hg3O4P. The number of hydrogen-bond donors (Lipinski definition) is 3. The predicted octanol–water partition coefficient (Wildman–Crippen LogP) is 1.59. The molecule has 0 aromatic rings. The quantitative estimate of drug-likeness (QED) is 0.258. The van der Waals surface area contributed by atoms with E-state index >= 15 is 0 Å². The SMILES string of the molecule is O=P(O)(O)O.[CH2]C.[CH2]C.[CH2]C.[Hg].[Hg].[Hg]. The van der Waals surface area contributed by atoms with E-state index < -0.39 is 7.82 Å². The molecule has 4 nitrogen and oxygen atoms in total. The van der Waals surface area contributed by atoms with Gasteiger partial charge in [0, 0.05) is 83.0 Å². The number of rotatable bonds is 0. The van der Waals surface area contributed by atoms with E-state index in [-0.39, 0.29) is 83.0 Å². The van der Waals surface area contributed by atoms with Gasteiger partial charge in [-0.3, -0.25) is 0 Å². The Morgan fingerprint density at radius 1 is 0.714 bits per heavy atom. The summed E-state index contributed by atoms with van der Waals surface area (Å²) < 4.78 is 8.88. The van der Waals surface area contributed by atoms with Crippen molar-refractivity contribution in [2.75, 3.05) is 0 Å².